The minimum atomic E-state index is -4.30. The molecule has 1 atom stereocenters. The molecule has 0 heterocycles. The van der Waals surface area contributed by atoms with Gasteiger partial charge in [0.1, 0.15) is 11.4 Å². The maximum absolute atomic E-state index is 11.1. The molecule has 13 heavy (non-hydrogen) atoms. The van der Waals surface area contributed by atoms with Crippen LogP contribution in [0.25, 0.3) is 0 Å². The lowest BCUT2D eigenvalue weighted by Crippen LogP contribution is -2.29. The van der Waals surface area contributed by atoms with Crippen LogP contribution >= 0.6 is 7.60 Å². The molecule has 0 aromatic rings. The van der Waals surface area contributed by atoms with E-state index < -0.39 is 12.8 Å². The van der Waals surface area contributed by atoms with Crippen LogP contribution in [0.3, 0.4) is 0 Å². The minimum Gasteiger partial charge on any atom is -0.324 e. The first-order valence-corrected chi connectivity index (χ1v) is 6.06. The Hall–Kier alpha value is -0.180. The van der Waals surface area contributed by atoms with Crippen molar-refractivity contribution >= 4 is 13.9 Å². The summed E-state index contributed by atoms with van der Waals surface area (Å²) in [7, 11) is -4.30. The largest absolute Gasteiger partial charge is 0.338 e. The SMILES string of the molecule is CCCCC(C=O)(CC)P(=O)(O)O. The molecule has 0 spiro atoms. The fourth-order valence-electron chi connectivity index (χ4n) is 1.22. The Balaban J connectivity index is 4.71. The summed E-state index contributed by atoms with van der Waals surface area (Å²) >= 11 is 0. The Morgan fingerprint density at radius 1 is 1.38 bits per heavy atom. The third-order valence-corrected chi connectivity index (χ3v) is 4.18. The van der Waals surface area contributed by atoms with Crippen LogP contribution < -0.4 is 0 Å². The Kier molecular flexibility index (Phi) is 4.82. The summed E-state index contributed by atoms with van der Waals surface area (Å²) < 4.78 is 11.1. The van der Waals surface area contributed by atoms with Gasteiger partial charge in [-0.3, -0.25) is 4.57 Å². The van der Waals surface area contributed by atoms with Gasteiger partial charge in [-0.2, -0.15) is 0 Å². The lowest BCUT2D eigenvalue weighted by molar-refractivity contribution is -0.110. The van der Waals surface area contributed by atoms with Crippen molar-refractivity contribution < 1.29 is 19.1 Å². The van der Waals surface area contributed by atoms with Crippen molar-refractivity contribution in [3.05, 3.63) is 0 Å². The molecule has 0 fully saturated rings. The third-order valence-electron chi connectivity index (χ3n) is 2.37. The van der Waals surface area contributed by atoms with Crippen molar-refractivity contribution in [2.45, 2.75) is 44.7 Å². The average molecular weight is 208 g/mol. The van der Waals surface area contributed by atoms with Gasteiger partial charge in [0.15, 0.2) is 0 Å². The van der Waals surface area contributed by atoms with Gasteiger partial charge in [-0.15, -0.1) is 0 Å². The average Bonchev–Trinajstić information content (AvgIpc) is 2.05. The van der Waals surface area contributed by atoms with E-state index in [1.807, 2.05) is 6.92 Å². The van der Waals surface area contributed by atoms with Crippen LogP contribution in [0.2, 0.25) is 0 Å². The fourth-order valence-corrected chi connectivity index (χ4v) is 2.22. The van der Waals surface area contributed by atoms with Crippen molar-refractivity contribution in [1.29, 1.82) is 0 Å². The lowest BCUT2D eigenvalue weighted by Gasteiger charge is -2.27. The van der Waals surface area contributed by atoms with Crippen LogP contribution in [-0.2, 0) is 9.36 Å². The molecular formula is C8H17O4P. The summed E-state index contributed by atoms with van der Waals surface area (Å²) in [6.07, 6.45) is 2.38. The predicted molar refractivity (Wildman–Crippen MR) is 50.7 cm³/mol. The van der Waals surface area contributed by atoms with Gasteiger partial charge >= 0.3 is 7.60 Å². The first kappa shape index (κ1) is 12.8. The normalized spacial score (nSPS) is 16.6. The van der Waals surface area contributed by atoms with Crippen LogP contribution in [0.15, 0.2) is 0 Å². The summed E-state index contributed by atoms with van der Waals surface area (Å²) in [6, 6.07) is 0. The smallest absolute Gasteiger partial charge is 0.324 e. The van der Waals surface area contributed by atoms with Gasteiger partial charge in [0.05, 0.1) is 0 Å². The zero-order valence-corrected chi connectivity index (χ0v) is 8.96. The van der Waals surface area contributed by atoms with Crippen LogP contribution in [0.5, 0.6) is 0 Å². The standard InChI is InChI=1S/C8H17O4P/c1-3-5-6-8(4-2,7-9)13(10,11)12/h7H,3-6H2,1-2H3,(H2,10,11,12). The summed E-state index contributed by atoms with van der Waals surface area (Å²) in [4.78, 5) is 28.8. The number of rotatable bonds is 6. The summed E-state index contributed by atoms with van der Waals surface area (Å²) in [5.41, 5.74) is 0. The highest BCUT2D eigenvalue weighted by Crippen LogP contribution is 2.53. The maximum atomic E-state index is 11.1. The monoisotopic (exact) mass is 208 g/mol. The second-order valence-electron chi connectivity index (χ2n) is 3.22. The van der Waals surface area contributed by atoms with E-state index in [-0.39, 0.29) is 12.8 Å². The molecule has 4 nitrogen and oxygen atoms in total. The number of carbonyl (C=O) groups is 1. The number of aldehydes is 1. The van der Waals surface area contributed by atoms with E-state index in [9.17, 15) is 9.36 Å². The highest BCUT2D eigenvalue weighted by atomic mass is 31.2. The van der Waals surface area contributed by atoms with E-state index in [0.717, 1.165) is 6.42 Å². The van der Waals surface area contributed by atoms with Gasteiger partial charge < -0.3 is 14.6 Å². The summed E-state index contributed by atoms with van der Waals surface area (Å²) in [6.45, 7) is 3.55. The van der Waals surface area contributed by atoms with Gasteiger partial charge in [-0.25, -0.2) is 0 Å². The van der Waals surface area contributed by atoms with Crippen molar-refractivity contribution in [1.82, 2.24) is 0 Å². The van der Waals surface area contributed by atoms with Gasteiger partial charge in [-0.1, -0.05) is 26.7 Å². The molecule has 0 aliphatic carbocycles. The van der Waals surface area contributed by atoms with Crippen LogP contribution in [-0.4, -0.2) is 21.2 Å². The second kappa shape index (κ2) is 4.89. The van der Waals surface area contributed by atoms with E-state index in [1.54, 1.807) is 6.92 Å². The summed E-state index contributed by atoms with van der Waals surface area (Å²) in [5, 5.41) is -1.44. The second-order valence-corrected chi connectivity index (χ2v) is 5.20. The van der Waals surface area contributed by atoms with E-state index in [4.69, 9.17) is 9.79 Å². The number of carbonyl (C=O) groups excluding carboxylic acids is 1. The van der Waals surface area contributed by atoms with Gasteiger partial charge in [0.2, 0.25) is 0 Å². The Morgan fingerprint density at radius 3 is 2.15 bits per heavy atom. The molecule has 0 aromatic carbocycles. The van der Waals surface area contributed by atoms with Crippen molar-refractivity contribution in [3.8, 4) is 0 Å². The maximum Gasteiger partial charge on any atom is 0.338 e. The fraction of sp³-hybridized carbons (Fsp3) is 0.875. The van der Waals surface area contributed by atoms with E-state index in [2.05, 4.69) is 0 Å². The molecular weight excluding hydrogens is 191 g/mol. The van der Waals surface area contributed by atoms with Crippen LogP contribution in [0.1, 0.15) is 39.5 Å². The highest BCUT2D eigenvalue weighted by Gasteiger charge is 2.44. The van der Waals surface area contributed by atoms with Crippen LogP contribution in [0.4, 0.5) is 0 Å². The molecule has 0 amide bonds. The predicted octanol–water partition coefficient (Wildman–Crippen LogP) is 1.70. The molecule has 1 unspecified atom stereocenters. The zero-order valence-electron chi connectivity index (χ0n) is 8.06. The van der Waals surface area contributed by atoms with Crippen molar-refractivity contribution in [3.63, 3.8) is 0 Å². The Morgan fingerprint density at radius 2 is 1.92 bits per heavy atom. The quantitative estimate of drug-likeness (QED) is 0.514. The third kappa shape index (κ3) is 2.90. The molecule has 0 radical (unpaired) electrons. The molecule has 0 aliphatic heterocycles. The van der Waals surface area contributed by atoms with Gasteiger partial charge in [-0.05, 0) is 12.8 Å². The first-order valence-electron chi connectivity index (χ1n) is 4.45. The molecule has 0 aromatic heterocycles. The van der Waals surface area contributed by atoms with Crippen molar-refractivity contribution in [2.75, 3.05) is 0 Å². The Bertz CT molecular complexity index is 210. The molecule has 0 saturated carbocycles. The zero-order chi connectivity index (χ0) is 10.5. The number of hydrogen-bond acceptors (Lipinski definition) is 2. The molecule has 0 rings (SSSR count). The molecule has 78 valence electrons. The molecule has 2 N–H and O–H groups in total. The molecule has 0 bridgehead atoms. The molecule has 0 aliphatic rings. The molecule has 5 heteroatoms. The van der Waals surface area contributed by atoms with E-state index in [0.29, 0.717) is 12.7 Å². The van der Waals surface area contributed by atoms with Gasteiger partial charge in [0, 0.05) is 0 Å². The number of unbranched alkanes of at least 4 members (excludes halogenated alkanes) is 1. The topological polar surface area (TPSA) is 74.6 Å². The minimum absolute atomic E-state index is 0.195. The van der Waals surface area contributed by atoms with Crippen LogP contribution in [0, 0.1) is 0 Å². The highest BCUT2D eigenvalue weighted by molar-refractivity contribution is 7.54. The summed E-state index contributed by atoms with van der Waals surface area (Å²) in [5.74, 6) is 0. The number of hydrogen-bond donors (Lipinski definition) is 2. The van der Waals surface area contributed by atoms with Crippen molar-refractivity contribution in [2.24, 2.45) is 0 Å². The van der Waals surface area contributed by atoms with Gasteiger partial charge in [0.25, 0.3) is 0 Å². The molecule has 0 saturated heterocycles. The lowest BCUT2D eigenvalue weighted by atomic mass is 10.00. The Labute approximate surface area is 78.5 Å². The first-order chi connectivity index (χ1) is 5.93. The van der Waals surface area contributed by atoms with E-state index in [1.165, 1.54) is 0 Å². The van der Waals surface area contributed by atoms with E-state index >= 15 is 0 Å².